The van der Waals surface area contributed by atoms with E-state index < -0.39 is 0 Å². The van der Waals surface area contributed by atoms with Crippen LogP contribution in [0.1, 0.15) is 39.9 Å². The third kappa shape index (κ3) is 5.58. The van der Waals surface area contributed by atoms with Crippen molar-refractivity contribution in [2.75, 3.05) is 13.6 Å². The fourth-order valence-electron chi connectivity index (χ4n) is 3.86. The summed E-state index contributed by atoms with van der Waals surface area (Å²) in [5.74, 6) is 0.580. The van der Waals surface area contributed by atoms with Crippen LogP contribution < -0.4 is 10.1 Å². The third-order valence-corrected chi connectivity index (χ3v) is 5.89. The molecule has 2 heterocycles. The van der Waals surface area contributed by atoms with Gasteiger partial charge >= 0.3 is 0 Å². The van der Waals surface area contributed by atoms with Gasteiger partial charge in [0.2, 0.25) is 0 Å². The summed E-state index contributed by atoms with van der Waals surface area (Å²) < 4.78 is 10.8. The molecule has 0 fully saturated rings. The van der Waals surface area contributed by atoms with Crippen LogP contribution in [0.15, 0.2) is 47.1 Å². The molecule has 2 aromatic heterocycles. The van der Waals surface area contributed by atoms with Crippen molar-refractivity contribution >= 4 is 28.4 Å². The Morgan fingerprint density at radius 3 is 2.79 bits per heavy atom. The van der Waals surface area contributed by atoms with Crippen LogP contribution in [0.5, 0.6) is 5.75 Å². The number of fused-ring (bicyclic) bond motifs is 1. The number of carbonyl (C=O) groups is 1. The fraction of sp³-hybridized carbons (Fsp3) is 0.320. The number of nitrogens with zero attached hydrogens (tertiary/aromatic N) is 3. The second-order valence-electron chi connectivity index (χ2n) is 8.57. The number of nitrogens with one attached hydrogen (secondary N) is 2. The molecule has 0 saturated heterocycles. The summed E-state index contributed by atoms with van der Waals surface area (Å²) in [7, 11) is 2.01. The van der Waals surface area contributed by atoms with Crippen molar-refractivity contribution in [3.8, 4) is 5.75 Å². The first-order valence-corrected chi connectivity index (χ1v) is 11.5. The van der Waals surface area contributed by atoms with Gasteiger partial charge in [-0.2, -0.15) is 0 Å². The van der Waals surface area contributed by atoms with Crippen LogP contribution in [0.3, 0.4) is 0 Å². The Bertz CT molecular complexity index is 1300. The molecule has 0 spiro atoms. The van der Waals surface area contributed by atoms with Gasteiger partial charge in [-0.1, -0.05) is 34.0 Å². The maximum atomic E-state index is 12.8. The zero-order valence-corrected chi connectivity index (χ0v) is 20.4. The normalized spacial score (nSPS) is 12.3. The molecule has 2 aromatic carbocycles. The first-order chi connectivity index (χ1) is 16.3. The van der Waals surface area contributed by atoms with Crippen molar-refractivity contribution in [2.45, 2.75) is 40.0 Å². The SMILES string of the molecule is Cc1nonc1CN(C)Cc1cccc(O[C@@H](C)CNC(=O)c2[nH]c3ccc(Cl)cc3c2C)c1. The molecule has 178 valence electrons. The van der Waals surface area contributed by atoms with Crippen LogP contribution >= 0.6 is 11.6 Å². The van der Waals surface area contributed by atoms with E-state index in [1.807, 2.05) is 58.2 Å². The van der Waals surface area contributed by atoms with E-state index in [0.29, 0.717) is 23.8 Å². The van der Waals surface area contributed by atoms with Gasteiger partial charge in [-0.15, -0.1) is 0 Å². The molecule has 1 atom stereocenters. The highest BCUT2D eigenvalue weighted by atomic mass is 35.5. The highest BCUT2D eigenvalue weighted by Gasteiger charge is 2.16. The van der Waals surface area contributed by atoms with E-state index >= 15 is 0 Å². The lowest BCUT2D eigenvalue weighted by atomic mass is 10.1. The first kappa shape index (κ1) is 23.8. The lowest BCUT2D eigenvalue weighted by Crippen LogP contribution is -2.34. The topological polar surface area (TPSA) is 96.3 Å². The van der Waals surface area contributed by atoms with E-state index in [9.17, 15) is 4.79 Å². The summed E-state index contributed by atoms with van der Waals surface area (Å²) in [5.41, 5.74) is 5.02. The number of hydrogen-bond donors (Lipinski definition) is 2. The van der Waals surface area contributed by atoms with Gasteiger partial charge in [0.05, 0.1) is 6.54 Å². The Morgan fingerprint density at radius 1 is 1.21 bits per heavy atom. The van der Waals surface area contributed by atoms with E-state index in [0.717, 1.165) is 45.7 Å². The molecule has 0 saturated carbocycles. The Labute approximate surface area is 203 Å². The molecule has 1 amide bonds. The third-order valence-electron chi connectivity index (χ3n) is 5.65. The predicted octanol–water partition coefficient (Wildman–Crippen LogP) is 4.65. The highest BCUT2D eigenvalue weighted by molar-refractivity contribution is 6.31. The van der Waals surface area contributed by atoms with E-state index in [2.05, 4.69) is 31.6 Å². The van der Waals surface area contributed by atoms with Crippen LogP contribution in [0.2, 0.25) is 5.02 Å². The minimum atomic E-state index is -0.208. The molecule has 0 bridgehead atoms. The minimum Gasteiger partial charge on any atom is -0.489 e. The van der Waals surface area contributed by atoms with Crippen molar-refractivity contribution in [3.63, 3.8) is 0 Å². The number of benzene rings is 2. The Kier molecular flexibility index (Phi) is 7.19. The molecule has 8 nitrogen and oxygen atoms in total. The van der Waals surface area contributed by atoms with Gasteiger partial charge in [0, 0.05) is 29.0 Å². The molecule has 4 aromatic rings. The first-order valence-electron chi connectivity index (χ1n) is 11.1. The Hall–Kier alpha value is -3.36. The lowest BCUT2D eigenvalue weighted by molar-refractivity contribution is 0.0927. The lowest BCUT2D eigenvalue weighted by Gasteiger charge is -2.18. The number of amides is 1. The molecular formula is C25H28ClN5O3. The zero-order chi connectivity index (χ0) is 24.2. The van der Waals surface area contributed by atoms with E-state index in [-0.39, 0.29) is 12.0 Å². The molecule has 0 unspecified atom stereocenters. The second kappa shape index (κ2) is 10.3. The predicted molar refractivity (Wildman–Crippen MR) is 131 cm³/mol. The number of H-pyrrole nitrogens is 1. The summed E-state index contributed by atoms with van der Waals surface area (Å²) in [5, 5.41) is 12.3. The van der Waals surface area contributed by atoms with Gasteiger partial charge in [0.15, 0.2) is 0 Å². The van der Waals surface area contributed by atoms with Crippen LogP contribution in [0.25, 0.3) is 10.9 Å². The number of rotatable bonds is 9. The average Bonchev–Trinajstić information content (AvgIpc) is 3.35. The molecule has 0 aliphatic carbocycles. The van der Waals surface area contributed by atoms with Crippen LogP contribution in [-0.2, 0) is 13.1 Å². The smallest absolute Gasteiger partial charge is 0.268 e. The molecule has 0 aliphatic rings. The maximum Gasteiger partial charge on any atom is 0.268 e. The number of halogens is 1. The number of aromatic nitrogens is 3. The van der Waals surface area contributed by atoms with Gasteiger partial charge in [-0.05, 0) is 69.3 Å². The summed E-state index contributed by atoms with van der Waals surface area (Å²) in [6.07, 6.45) is -0.208. The molecule has 2 N–H and O–H groups in total. The van der Waals surface area contributed by atoms with Crippen molar-refractivity contribution in [2.24, 2.45) is 0 Å². The summed E-state index contributed by atoms with van der Waals surface area (Å²) in [4.78, 5) is 18.1. The average molecular weight is 482 g/mol. The Morgan fingerprint density at radius 2 is 2.03 bits per heavy atom. The van der Waals surface area contributed by atoms with E-state index in [1.165, 1.54) is 0 Å². The van der Waals surface area contributed by atoms with Gasteiger partial charge in [-0.3, -0.25) is 9.69 Å². The number of carbonyl (C=O) groups excluding carboxylic acids is 1. The molecule has 34 heavy (non-hydrogen) atoms. The van der Waals surface area contributed by atoms with Gasteiger partial charge in [-0.25, -0.2) is 4.63 Å². The van der Waals surface area contributed by atoms with Crippen molar-refractivity contribution < 1.29 is 14.2 Å². The quantitative estimate of drug-likeness (QED) is 0.361. The monoisotopic (exact) mass is 481 g/mol. The van der Waals surface area contributed by atoms with E-state index in [1.54, 1.807) is 6.07 Å². The largest absolute Gasteiger partial charge is 0.489 e. The summed E-state index contributed by atoms with van der Waals surface area (Å²) in [6, 6.07) is 13.5. The number of aryl methyl sites for hydroxylation is 2. The molecule has 0 aliphatic heterocycles. The van der Waals surface area contributed by atoms with Crippen LogP contribution in [0, 0.1) is 13.8 Å². The Balaban J connectivity index is 1.32. The molecule has 4 rings (SSSR count). The van der Waals surface area contributed by atoms with Gasteiger partial charge in [0.25, 0.3) is 5.91 Å². The van der Waals surface area contributed by atoms with Crippen molar-refractivity contribution in [1.82, 2.24) is 25.5 Å². The highest BCUT2D eigenvalue weighted by Crippen LogP contribution is 2.25. The molecule has 9 heteroatoms. The summed E-state index contributed by atoms with van der Waals surface area (Å²) >= 11 is 6.09. The maximum absolute atomic E-state index is 12.8. The van der Waals surface area contributed by atoms with E-state index in [4.69, 9.17) is 21.0 Å². The molecular weight excluding hydrogens is 454 g/mol. The second-order valence-corrected chi connectivity index (χ2v) is 9.01. The number of ether oxygens (including phenoxy) is 1. The standard InChI is InChI=1S/C25H28ClN5O3/c1-15(12-27-25(32)24-16(2)21-11-19(26)8-9-22(21)28-24)33-20-7-5-6-18(10-20)13-31(4)14-23-17(3)29-34-30-23/h5-11,15,28H,12-14H2,1-4H3,(H,27,32)/t15-/m0/s1. The van der Waals surface area contributed by atoms with Crippen LogP contribution in [0.4, 0.5) is 0 Å². The van der Waals surface area contributed by atoms with Crippen LogP contribution in [-0.4, -0.2) is 45.8 Å². The summed E-state index contributed by atoms with van der Waals surface area (Å²) in [6.45, 7) is 7.45. The van der Waals surface area contributed by atoms with Gasteiger partial charge in [0.1, 0.15) is 28.9 Å². The minimum absolute atomic E-state index is 0.173. The molecule has 0 radical (unpaired) electrons. The number of hydrogen-bond acceptors (Lipinski definition) is 6. The fourth-order valence-corrected chi connectivity index (χ4v) is 4.03. The zero-order valence-electron chi connectivity index (χ0n) is 19.7. The number of aromatic amines is 1. The van der Waals surface area contributed by atoms with Gasteiger partial charge < -0.3 is 15.0 Å². The van der Waals surface area contributed by atoms with Crippen molar-refractivity contribution in [1.29, 1.82) is 0 Å². The van der Waals surface area contributed by atoms with Crippen molar-refractivity contribution in [3.05, 3.63) is 75.7 Å².